The van der Waals surface area contributed by atoms with Gasteiger partial charge in [-0.15, -0.1) is 11.8 Å². The van der Waals surface area contributed by atoms with E-state index in [-0.39, 0.29) is 24.7 Å². The summed E-state index contributed by atoms with van der Waals surface area (Å²) >= 11 is 0. The largest absolute Gasteiger partial charge is 0.390 e. The molecule has 0 saturated heterocycles. The summed E-state index contributed by atoms with van der Waals surface area (Å²) < 4.78 is 0. The van der Waals surface area contributed by atoms with Crippen LogP contribution in [0, 0.1) is 29.6 Å². The summed E-state index contributed by atoms with van der Waals surface area (Å²) in [7, 11) is 3.75. The molecule has 5 atom stereocenters. The highest BCUT2D eigenvalue weighted by molar-refractivity contribution is 5.91. The smallest absolute Gasteiger partial charge is 0.243 e. The first-order valence-corrected chi connectivity index (χ1v) is 17.3. The van der Waals surface area contributed by atoms with Gasteiger partial charge in [-0.3, -0.25) is 14.4 Å². The van der Waals surface area contributed by atoms with Crippen molar-refractivity contribution < 1.29 is 24.6 Å². The van der Waals surface area contributed by atoms with E-state index in [1.807, 2.05) is 51.2 Å². The molecule has 0 aliphatic heterocycles. The molecule has 1 saturated carbocycles. The maximum atomic E-state index is 13.9. The van der Waals surface area contributed by atoms with Crippen LogP contribution in [0.15, 0.2) is 30.3 Å². The van der Waals surface area contributed by atoms with Gasteiger partial charge in [0.15, 0.2) is 0 Å². The molecule has 0 unspecified atom stereocenters. The monoisotopic (exact) mass is 640 g/mol. The van der Waals surface area contributed by atoms with Crippen LogP contribution in [0.1, 0.15) is 91.0 Å². The summed E-state index contributed by atoms with van der Waals surface area (Å²) in [6, 6.07) is 7.92. The minimum absolute atomic E-state index is 0.00523. The molecular weight excluding hydrogens is 580 g/mol. The third-order valence-electron chi connectivity index (χ3n) is 9.17. The molecule has 258 valence electrons. The molecule has 0 heterocycles. The van der Waals surface area contributed by atoms with E-state index in [1.165, 1.54) is 6.42 Å². The molecule has 9 heteroatoms. The number of likely N-dealkylation sites (N-methyl/N-ethyl adjacent to an activating group) is 2. The number of benzene rings is 1. The number of carbonyl (C=O) groups is 3. The molecule has 1 aliphatic rings. The standard InChI is InChI=1S/C37H60N4O5/c1-7-9-20-31(37(46)39-32(25-29-18-14-11-15-19-29)35(44)33(42)23-27(3)4)38-36(45)30(24-28-16-12-10-13-17-28)26-34(43)41(6)22-21-40(5)8-2/h10,12-13,16-17,27,29-33,35,42,44H,8,11,14-15,18-26H2,1-6H3,(H,38,45)(H,39,46)/t30-,31+,32+,33+,35-/m1/s1. The van der Waals surface area contributed by atoms with E-state index in [4.69, 9.17) is 0 Å². The summed E-state index contributed by atoms with van der Waals surface area (Å²) in [6.07, 6.45) is 4.78. The van der Waals surface area contributed by atoms with Gasteiger partial charge in [-0.2, -0.15) is 0 Å². The molecule has 46 heavy (non-hydrogen) atoms. The zero-order valence-corrected chi connectivity index (χ0v) is 29.1. The molecule has 1 aromatic rings. The van der Waals surface area contributed by atoms with Gasteiger partial charge < -0.3 is 30.6 Å². The molecule has 3 amide bonds. The summed E-state index contributed by atoms with van der Waals surface area (Å²) in [5.74, 6) is 4.61. The lowest BCUT2D eigenvalue weighted by atomic mass is 9.82. The van der Waals surface area contributed by atoms with Crippen molar-refractivity contribution in [2.24, 2.45) is 17.8 Å². The molecule has 1 aromatic carbocycles. The topological polar surface area (TPSA) is 122 Å². The number of amides is 3. The number of hydrogen-bond donors (Lipinski definition) is 4. The highest BCUT2D eigenvalue weighted by atomic mass is 16.3. The number of nitrogens with one attached hydrogen (secondary N) is 2. The molecule has 1 fully saturated rings. The Bertz CT molecular complexity index is 1110. The SMILES string of the molecule is CC#CC[C@H](NC(=O)[C@@H](CC(=O)N(C)CCN(C)CC)Cc1ccccc1)C(=O)N[C@@H](CC1CCCCC1)[C@@H](O)[C@@H](O)CC(C)C. The second-order valence-electron chi connectivity index (χ2n) is 13.5. The van der Waals surface area contributed by atoms with Crippen LogP contribution in [-0.4, -0.2) is 95.8 Å². The first-order chi connectivity index (χ1) is 21.9. The zero-order chi connectivity index (χ0) is 34.1. The van der Waals surface area contributed by atoms with E-state index < -0.39 is 42.0 Å². The fourth-order valence-electron chi connectivity index (χ4n) is 6.07. The summed E-state index contributed by atoms with van der Waals surface area (Å²) in [5, 5.41) is 27.9. The zero-order valence-electron chi connectivity index (χ0n) is 29.1. The summed E-state index contributed by atoms with van der Waals surface area (Å²) in [5.41, 5.74) is 0.924. The lowest BCUT2D eigenvalue weighted by molar-refractivity contribution is -0.137. The molecule has 2 rings (SSSR count). The summed E-state index contributed by atoms with van der Waals surface area (Å²) in [4.78, 5) is 44.7. The minimum atomic E-state index is -1.13. The van der Waals surface area contributed by atoms with E-state index in [0.29, 0.717) is 31.7 Å². The van der Waals surface area contributed by atoms with Crippen LogP contribution in [0.25, 0.3) is 0 Å². The predicted octanol–water partition coefficient (Wildman–Crippen LogP) is 3.77. The van der Waals surface area contributed by atoms with Crippen molar-refractivity contribution in [3.8, 4) is 11.8 Å². The lowest BCUT2D eigenvalue weighted by Crippen LogP contribution is -2.56. The van der Waals surface area contributed by atoms with Crippen molar-refractivity contribution in [2.75, 3.05) is 33.7 Å². The Hall–Kier alpha value is -2.93. The van der Waals surface area contributed by atoms with Crippen molar-refractivity contribution in [2.45, 2.75) is 116 Å². The van der Waals surface area contributed by atoms with Gasteiger partial charge in [-0.1, -0.05) is 83.2 Å². The second-order valence-corrected chi connectivity index (χ2v) is 13.5. The molecule has 1 aliphatic carbocycles. The third kappa shape index (κ3) is 14.2. The Morgan fingerprint density at radius 3 is 2.26 bits per heavy atom. The van der Waals surface area contributed by atoms with E-state index in [2.05, 4.69) is 34.3 Å². The van der Waals surface area contributed by atoms with E-state index in [1.54, 1.807) is 18.9 Å². The van der Waals surface area contributed by atoms with E-state index in [0.717, 1.165) is 44.3 Å². The number of hydrogen-bond acceptors (Lipinski definition) is 6. The number of nitrogens with zero attached hydrogens (tertiary/aromatic N) is 2. The molecule has 0 aromatic heterocycles. The van der Waals surface area contributed by atoms with Crippen molar-refractivity contribution in [3.05, 3.63) is 35.9 Å². The van der Waals surface area contributed by atoms with Crippen LogP contribution in [0.4, 0.5) is 0 Å². The van der Waals surface area contributed by atoms with Gasteiger partial charge in [0.2, 0.25) is 17.7 Å². The van der Waals surface area contributed by atoms with E-state index >= 15 is 0 Å². The van der Waals surface area contributed by atoms with Crippen LogP contribution >= 0.6 is 0 Å². The Labute approximate surface area is 277 Å². The average Bonchev–Trinajstić information content (AvgIpc) is 3.04. The molecule has 9 nitrogen and oxygen atoms in total. The Morgan fingerprint density at radius 1 is 0.978 bits per heavy atom. The first-order valence-electron chi connectivity index (χ1n) is 17.3. The van der Waals surface area contributed by atoms with Gasteiger partial charge in [0.1, 0.15) is 12.1 Å². The maximum Gasteiger partial charge on any atom is 0.243 e. The number of carbonyl (C=O) groups excluding carboxylic acids is 3. The quantitative estimate of drug-likeness (QED) is 0.171. The van der Waals surface area contributed by atoms with Gasteiger partial charge in [-0.25, -0.2) is 0 Å². The Balaban J connectivity index is 2.25. The Kier molecular flexibility index (Phi) is 18.0. The third-order valence-corrected chi connectivity index (χ3v) is 9.17. The molecule has 4 N–H and O–H groups in total. The summed E-state index contributed by atoms with van der Waals surface area (Å²) in [6.45, 7) is 9.86. The van der Waals surface area contributed by atoms with Crippen molar-refractivity contribution in [1.29, 1.82) is 0 Å². The highest BCUT2D eigenvalue weighted by Gasteiger charge is 2.34. The lowest BCUT2D eigenvalue weighted by Gasteiger charge is -2.33. The minimum Gasteiger partial charge on any atom is -0.390 e. The van der Waals surface area contributed by atoms with E-state index in [9.17, 15) is 24.6 Å². The highest BCUT2D eigenvalue weighted by Crippen LogP contribution is 2.29. The number of aliphatic hydroxyl groups excluding tert-OH is 2. The fourth-order valence-corrected chi connectivity index (χ4v) is 6.07. The van der Waals surface area contributed by atoms with Crippen LogP contribution in [0.2, 0.25) is 0 Å². The van der Waals surface area contributed by atoms with Crippen LogP contribution in [-0.2, 0) is 20.8 Å². The number of rotatable bonds is 19. The van der Waals surface area contributed by atoms with Gasteiger partial charge in [0.05, 0.1) is 18.1 Å². The van der Waals surface area contributed by atoms with Gasteiger partial charge in [-0.05, 0) is 57.2 Å². The first kappa shape index (κ1) is 39.2. The van der Waals surface area contributed by atoms with Crippen molar-refractivity contribution in [1.82, 2.24) is 20.4 Å². The van der Waals surface area contributed by atoms with Crippen LogP contribution < -0.4 is 10.6 Å². The predicted molar refractivity (Wildman–Crippen MR) is 184 cm³/mol. The van der Waals surface area contributed by atoms with Crippen molar-refractivity contribution in [3.63, 3.8) is 0 Å². The second kappa shape index (κ2) is 21.0. The Morgan fingerprint density at radius 2 is 1.65 bits per heavy atom. The molecular formula is C37H60N4O5. The maximum absolute atomic E-state index is 13.9. The van der Waals surface area contributed by atoms with Crippen LogP contribution in [0.3, 0.4) is 0 Å². The fraction of sp³-hybridized carbons (Fsp3) is 0.703. The average molecular weight is 641 g/mol. The molecule has 0 radical (unpaired) electrons. The van der Waals surface area contributed by atoms with Gasteiger partial charge in [0.25, 0.3) is 0 Å². The molecule has 0 bridgehead atoms. The van der Waals surface area contributed by atoms with Gasteiger partial charge >= 0.3 is 0 Å². The van der Waals surface area contributed by atoms with Gasteiger partial charge in [0, 0.05) is 33.0 Å². The van der Waals surface area contributed by atoms with Crippen LogP contribution in [0.5, 0.6) is 0 Å². The van der Waals surface area contributed by atoms with Crippen molar-refractivity contribution >= 4 is 17.7 Å². The molecule has 0 spiro atoms. The number of aliphatic hydroxyl groups is 2. The normalized spacial score (nSPS) is 16.9.